The Labute approximate surface area is 175 Å². The number of nitrogens with one attached hydrogen (secondary N) is 1. The fraction of sp³-hybridized carbons (Fsp3) is 0.450. The number of cyclic esters (lactones) is 1. The summed E-state index contributed by atoms with van der Waals surface area (Å²) < 4.78 is 56.6. The molecule has 3 rings (SSSR count). The van der Waals surface area contributed by atoms with Crippen LogP contribution in [0.1, 0.15) is 13.3 Å². The zero-order chi connectivity index (χ0) is 22.8. The second-order valence-electron chi connectivity index (χ2n) is 7.41. The molecule has 0 spiro atoms. The predicted octanol–water partition coefficient (Wildman–Crippen LogP) is 3.13. The lowest BCUT2D eigenvalue weighted by atomic mass is 9.92. The van der Waals surface area contributed by atoms with Crippen LogP contribution in [-0.2, 0) is 9.53 Å². The third-order valence-electron chi connectivity index (χ3n) is 5.25. The molecule has 2 amide bonds. The standard InChI is InChI=1S/C20H20F4N4O3/c1-12-10-27(7-5-13(12)4-6-25)17-3-2-14(8-16(17)21)28-11-15(31-19(28)30)9-26-18(29)20(22,23)24/h2-4,8,12,15H,5,7,9-11H2,1H3,(H,26,29)/b13-4-. The van der Waals surface area contributed by atoms with Gasteiger partial charge in [0, 0.05) is 19.2 Å². The number of carbonyl (C=O) groups is 2. The summed E-state index contributed by atoms with van der Waals surface area (Å²) in [6, 6.07) is 6.24. The second-order valence-corrected chi connectivity index (χ2v) is 7.41. The number of anilines is 2. The first-order chi connectivity index (χ1) is 14.6. The van der Waals surface area contributed by atoms with Crippen molar-refractivity contribution in [1.29, 1.82) is 5.26 Å². The molecule has 31 heavy (non-hydrogen) atoms. The molecule has 0 aliphatic carbocycles. The van der Waals surface area contributed by atoms with Crippen molar-refractivity contribution in [2.75, 3.05) is 36.0 Å². The Morgan fingerprint density at radius 2 is 2.13 bits per heavy atom. The van der Waals surface area contributed by atoms with E-state index in [1.807, 2.05) is 17.9 Å². The van der Waals surface area contributed by atoms with Crippen LogP contribution in [0.5, 0.6) is 0 Å². The van der Waals surface area contributed by atoms with Gasteiger partial charge in [0.1, 0.15) is 11.9 Å². The molecule has 11 heteroatoms. The summed E-state index contributed by atoms with van der Waals surface area (Å²) in [7, 11) is 0. The number of halogens is 4. The number of hydrogen-bond acceptors (Lipinski definition) is 5. The Kier molecular flexibility index (Phi) is 6.38. The number of piperidine rings is 1. The van der Waals surface area contributed by atoms with E-state index in [4.69, 9.17) is 10.00 Å². The number of allylic oxidation sites excluding steroid dienone is 1. The molecule has 166 valence electrons. The number of ether oxygens (including phenoxy) is 1. The number of nitrogens with zero attached hydrogens (tertiary/aromatic N) is 3. The van der Waals surface area contributed by atoms with Gasteiger partial charge >= 0.3 is 18.2 Å². The fourth-order valence-corrected chi connectivity index (χ4v) is 3.63. The van der Waals surface area contributed by atoms with E-state index in [0.29, 0.717) is 25.2 Å². The van der Waals surface area contributed by atoms with E-state index in [2.05, 4.69) is 0 Å². The minimum Gasteiger partial charge on any atom is -0.442 e. The molecule has 2 atom stereocenters. The number of alkyl halides is 3. The minimum atomic E-state index is -5.03. The topological polar surface area (TPSA) is 85.7 Å². The highest BCUT2D eigenvalue weighted by atomic mass is 19.4. The first kappa shape index (κ1) is 22.4. The Morgan fingerprint density at radius 3 is 2.74 bits per heavy atom. The molecule has 2 aliphatic heterocycles. The van der Waals surface area contributed by atoms with Crippen molar-refractivity contribution in [1.82, 2.24) is 5.32 Å². The van der Waals surface area contributed by atoms with Gasteiger partial charge in [0.15, 0.2) is 0 Å². The SMILES string of the molecule is CC1CN(c2ccc(N3CC(CNC(=O)C(F)(F)F)OC3=O)cc2F)CC/C1=C/C#N. The van der Waals surface area contributed by atoms with Gasteiger partial charge in [-0.2, -0.15) is 18.4 Å². The van der Waals surface area contributed by atoms with Crippen LogP contribution in [-0.4, -0.2) is 50.5 Å². The number of nitriles is 1. The van der Waals surface area contributed by atoms with Gasteiger partial charge in [0.05, 0.1) is 30.5 Å². The zero-order valence-corrected chi connectivity index (χ0v) is 16.6. The Morgan fingerprint density at radius 1 is 1.39 bits per heavy atom. The molecule has 0 aromatic heterocycles. The Bertz CT molecular complexity index is 941. The highest BCUT2D eigenvalue weighted by Crippen LogP contribution is 2.32. The van der Waals surface area contributed by atoms with Crippen molar-refractivity contribution in [2.45, 2.75) is 25.6 Å². The molecule has 2 aliphatic rings. The molecule has 1 N–H and O–H groups in total. The highest BCUT2D eigenvalue weighted by Gasteiger charge is 2.40. The van der Waals surface area contributed by atoms with Gasteiger partial charge in [-0.05, 0) is 30.5 Å². The van der Waals surface area contributed by atoms with E-state index < -0.39 is 36.6 Å². The molecule has 0 bridgehead atoms. The van der Waals surface area contributed by atoms with Gasteiger partial charge in [-0.3, -0.25) is 9.69 Å². The molecule has 2 fully saturated rings. The smallest absolute Gasteiger partial charge is 0.442 e. The fourth-order valence-electron chi connectivity index (χ4n) is 3.63. The van der Waals surface area contributed by atoms with Crippen molar-refractivity contribution in [3.8, 4) is 6.07 Å². The van der Waals surface area contributed by atoms with Crippen molar-refractivity contribution in [3.05, 3.63) is 35.7 Å². The maximum atomic E-state index is 14.8. The van der Waals surface area contributed by atoms with E-state index in [1.165, 1.54) is 24.3 Å². The molecule has 0 radical (unpaired) electrons. The van der Waals surface area contributed by atoms with Crippen LogP contribution in [0.15, 0.2) is 29.8 Å². The van der Waals surface area contributed by atoms with Crippen LogP contribution in [0, 0.1) is 23.1 Å². The molecule has 2 unspecified atom stereocenters. The average molecular weight is 440 g/mol. The van der Waals surface area contributed by atoms with E-state index >= 15 is 0 Å². The molecule has 1 aromatic carbocycles. The van der Waals surface area contributed by atoms with Crippen LogP contribution in [0.25, 0.3) is 0 Å². The zero-order valence-electron chi connectivity index (χ0n) is 16.6. The maximum Gasteiger partial charge on any atom is 0.471 e. The molecular formula is C20H20F4N4O3. The van der Waals surface area contributed by atoms with E-state index in [1.54, 1.807) is 5.32 Å². The lowest BCUT2D eigenvalue weighted by molar-refractivity contribution is -0.173. The van der Waals surface area contributed by atoms with Gasteiger partial charge in [-0.15, -0.1) is 0 Å². The van der Waals surface area contributed by atoms with Crippen LogP contribution < -0.4 is 15.1 Å². The van der Waals surface area contributed by atoms with E-state index in [-0.39, 0.29) is 18.2 Å². The van der Waals surface area contributed by atoms with Crippen LogP contribution in [0.4, 0.5) is 33.7 Å². The minimum absolute atomic E-state index is 0.0914. The van der Waals surface area contributed by atoms with E-state index in [0.717, 1.165) is 10.5 Å². The van der Waals surface area contributed by atoms with Gasteiger partial charge < -0.3 is 15.0 Å². The quantitative estimate of drug-likeness (QED) is 0.575. The predicted molar refractivity (Wildman–Crippen MR) is 103 cm³/mol. The Hall–Kier alpha value is -3.29. The van der Waals surface area contributed by atoms with Crippen LogP contribution in [0.3, 0.4) is 0 Å². The first-order valence-corrected chi connectivity index (χ1v) is 9.56. The monoisotopic (exact) mass is 440 g/mol. The van der Waals surface area contributed by atoms with Gasteiger partial charge in [0.25, 0.3) is 0 Å². The lowest BCUT2D eigenvalue weighted by Gasteiger charge is -2.34. The summed E-state index contributed by atoms with van der Waals surface area (Å²) in [5.41, 5.74) is 1.57. The van der Waals surface area contributed by atoms with Crippen molar-refractivity contribution < 1.29 is 31.9 Å². The highest BCUT2D eigenvalue weighted by molar-refractivity contribution is 5.90. The number of amides is 2. The summed E-state index contributed by atoms with van der Waals surface area (Å²) in [6.45, 7) is 2.40. The van der Waals surface area contributed by atoms with Crippen LogP contribution in [0.2, 0.25) is 0 Å². The summed E-state index contributed by atoms with van der Waals surface area (Å²) >= 11 is 0. The average Bonchev–Trinajstić information content (AvgIpc) is 3.07. The first-order valence-electron chi connectivity index (χ1n) is 9.56. The molecule has 2 heterocycles. The summed E-state index contributed by atoms with van der Waals surface area (Å²) in [5, 5.41) is 10.5. The normalized spacial score (nSPS) is 23.0. The molecule has 7 nitrogen and oxygen atoms in total. The number of benzene rings is 1. The van der Waals surface area contributed by atoms with Crippen LogP contribution >= 0.6 is 0 Å². The van der Waals surface area contributed by atoms with Crippen molar-refractivity contribution in [2.24, 2.45) is 5.92 Å². The molecule has 2 saturated heterocycles. The van der Waals surface area contributed by atoms with E-state index in [9.17, 15) is 27.2 Å². The molecular weight excluding hydrogens is 420 g/mol. The number of carbonyl (C=O) groups excluding carboxylic acids is 2. The third kappa shape index (κ3) is 5.07. The molecule has 0 saturated carbocycles. The lowest BCUT2D eigenvalue weighted by Crippen LogP contribution is -2.41. The second kappa shape index (κ2) is 8.83. The number of hydrogen-bond donors (Lipinski definition) is 1. The van der Waals surface area contributed by atoms with Crippen molar-refractivity contribution in [3.63, 3.8) is 0 Å². The summed E-state index contributed by atoms with van der Waals surface area (Å²) in [6.07, 6.45) is -4.70. The largest absolute Gasteiger partial charge is 0.471 e. The van der Waals surface area contributed by atoms with Crippen molar-refractivity contribution >= 4 is 23.4 Å². The Balaban J connectivity index is 1.65. The third-order valence-corrected chi connectivity index (χ3v) is 5.25. The summed E-state index contributed by atoms with van der Waals surface area (Å²) in [5.74, 6) is -2.59. The molecule has 1 aromatic rings. The van der Waals surface area contributed by atoms with Gasteiger partial charge in [-0.25, -0.2) is 9.18 Å². The van der Waals surface area contributed by atoms with Gasteiger partial charge in [0.2, 0.25) is 0 Å². The summed E-state index contributed by atoms with van der Waals surface area (Å²) in [4.78, 5) is 25.9. The maximum absolute atomic E-state index is 14.8. The number of rotatable bonds is 4. The van der Waals surface area contributed by atoms with Gasteiger partial charge in [-0.1, -0.05) is 12.5 Å².